The fraction of sp³-hybridized carbons (Fsp3) is 0.333. The van der Waals surface area contributed by atoms with E-state index in [0.717, 1.165) is 29.8 Å². The van der Waals surface area contributed by atoms with E-state index < -0.39 is 22.6 Å². The molecule has 1 aliphatic rings. The Morgan fingerprint density at radius 3 is 2.38 bits per heavy atom. The van der Waals surface area contributed by atoms with Gasteiger partial charge in [0.25, 0.3) is 0 Å². The summed E-state index contributed by atoms with van der Waals surface area (Å²) >= 11 is 0. The molecule has 7 nitrogen and oxygen atoms in total. The van der Waals surface area contributed by atoms with E-state index in [2.05, 4.69) is 0 Å². The van der Waals surface area contributed by atoms with Crippen LogP contribution in [0.2, 0.25) is 0 Å². The van der Waals surface area contributed by atoms with Crippen LogP contribution in [0.15, 0.2) is 42.5 Å². The highest BCUT2D eigenvalue weighted by atomic mass is 32.2. The Hall–Kier alpha value is -2.87. The molecule has 0 spiro atoms. The maximum Gasteiger partial charge on any atom is 0.344 e. The molecule has 0 amide bonds. The Labute approximate surface area is 170 Å². The fourth-order valence-corrected chi connectivity index (χ4v) is 3.60. The second kappa shape index (κ2) is 8.65. The first-order valence-corrected chi connectivity index (χ1v) is 11.1. The number of benzene rings is 2. The highest BCUT2D eigenvalue weighted by Gasteiger charge is 2.15. The van der Waals surface area contributed by atoms with Crippen LogP contribution in [0.1, 0.15) is 27.9 Å². The predicted molar refractivity (Wildman–Crippen MR) is 109 cm³/mol. The Kier molecular flexibility index (Phi) is 6.22. The fourth-order valence-electron chi connectivity index (χ4n) is 3.10. The molecule has 0 heterocycles. The van der Waals surface area contributed by atoms with Gasteiger partial charge in [-0.25, -0.2) is 13.2 Å². The summed E-state index contributed by atoms with van der Waals surface area (Å²) in [5.74, 6) is -0.406. The highest BCUT2D eigenvalue weighted by molar-refractivity contribution is 7.92. The van der Waals surface area contributed by atoms with Gasteiger partial charge >= 0.3 is 5.97 Å². The summed E-state index contributed by atoms with van der Waals surface area (Å²) in [5, 5.41) is 0. The van der Waals surface area contributed by atoms with E-state index in [1.54, 1.807) is 0 Å². The van der Waals surface area contributed by atoms with E-state index in [1.165, 1.54) is 42.4 Å². The molecule has 29 heavy (non-hydrogen) atoms. The van der Waals surface area contributed by atoms with E-state index in [4.69, 9.17) is 9.47 Å². The molecule has 2 aromatic carbocycles. The van der Waals surface area contributed by atoms with Gasteiger partial charge in [0.15, 0.2) is 19.0 Å². The lowest BCUT2D eigenvalue weighted by Crippen LogP contribution is -2.24. The third-order valence-electron chi connectivity index (χ3n) is 4.84. The monoisotopic (exact) mass is 417 g/mol. The van der Waals surface area contributed by atoms with E-state index in [-0.39, 0.29) is 12.4 Å². The number of fused-ring (bicyclic) bond motifs is 1. The summed E-state index contributed by atoms with van der Waals surface area (Å²) in [6.45, 7) is -0.683. The summed E-state index contributed by atoms with van der Waals surface area (Å²) in [4.78, 5) is 24.0. The number of carbonyl (C=O) groups excluding carboxylic acids is 2. The van der Waals surface area contributed by atoms with Crippen LogP contribution >= 0.6 is 0 Å². The quantitative estimate of drug-likeness (QED) is 0.484. The van der Waals surface area contributed by atoms with Crippen LogP contribution in [0.3, 0.4) is 0 Å². The van der Waals surface area contributed by atoms with Crippen molar-refractivity contribution >= 4 is 27.5 Å². The highest BCUT2D eigenvalue weighted by Crippen LogP contribution is 2.26. The average Bonchev–Trinajstić information content (AvgIpc) is 3.17. The molecule has 0 atom stereocenters. The molecule has 0 aliphatic heterocycles. The topological polar surface area (TPSA) is 90.0 Å². The number of rotatable bonds is 8. The molecule has 0 saturated carbocycles. The van der Waals surface area contributed by atoms with Crippen LogP contribution in [-0.4, -0.2) is 46.7 Å². The van der Waals surface area contributed by atoms with Crippen molar-refractivity contribution in [1.82, 2.24) is 0 Å². The van der Waals surface area contributed by atoms with Gasteiger partial charge in [-0.15, -0.1) is 0 Å². The van der Waals surface area contributed by atoms with Crippen molar-refractivity contribution in [3.63, 3.8) is 0 Å². The zero-order chi connectivity index (χ0) is 21.0. The van der Waals surface area contributed by atoms with Crippen LogP contribution in [0.5, 0.6) is 5.75 Å². The van der Waals surface area contributed by atoms with Gasteiger partial charge in [0.1, 0.15) is 5.75 Å². The Balaban J connectivity index is 1.48. The number of hydrogen-bond donors (Lipinski definition) is 0. The van der Waals surface area contributed by atoms with E-state index in [9.17, 15) is 18.0 Å². The SMILES string of the molecule is CN(c1ccc(C(=O)COC(=O)COc2ccc3c(c2)CCC3)cc1)S(C)(=O)=O. The number of nitrogens with zero attached hydrogens (tertiary/aromatic N) is 1. The van der Waals surface area contributed by atoms with Crippen molar-refractivity contribution in [3.8, 4) is 5.75 Å². The first-order valence-electron chi connectivity index (χ1n) is 9.21. The van der Waals surface area contributed by atoms with Gasteiger partial charge < -0.3 is 9.47 Å². The van der Waals surface area contributed by atoms with Crippen molar-refractivity contribution in [1.29, 1.82) is 0 Å². The van der Waals surface area contributed by atoms with Gasteiger partial charge in [-0.3, -0.25) is 9.10 Å². The molecule has 3 rings (SSSR count). The second-order valence-corrected chi connectivity index (χ2v) is 8.95. The standard InChI is InChI=1S/C21H23NO6S/c1-22(29(2,25)26)18-9-6-16(7-10-18)20(23)13-28-21(24)14-27-19-11-8-15-4-3-5-17(15)12-19/h6-12H,3-5,13-14H2,1-2H3. The van der Waals surface area contributed by atoms with Crippen molar-refractivity contribution in [3.05, 3.63) is 59.2 Å². The van der Waals surface area contributed by atoms with Crippen molar-refractivity contribution < 1.29 is 27.5 Å². The molecule has 0 bridgehead atoms. The third-order valence-corrected chi connectivity index (χ3v) is 6.05. The number of hydrogen-bond acceptors (Lipinski definition) is 6. The molecule has 0 unspecified atom stereocenters. The van der Waals surface area contributed by atoms with Crippen LogP contribution in [0.4, 0.5) is 5.69 Å². The lowest BCUT2D eigenvalue weighted by molar-refractivity contribution is -0.144. The van der Waals surface area contributed by atoms with Crippen molar-refractivity contribution in [2.45, 2.75) is 19.3 Å². The number of ketones is 1. The lowest BCUT2D eigenvalue weighted by atomic mass is 10.1. The minimum atomic E-state index is -3.38. The maximum atomic E-state index is 12.2. The number of aryl methyl sites for hydroxylation is 2. The Bertz CT molecular complexity index is 1010. The Morgan fingerprint density at radius 2 is 1.69 bits per heavy atom. The molecule has 0 fully saturated rings. The van der Waals surface area contributed by atoms with Gasteiger partial charge in [0.2, 0.25) is 10.0 Å². The normalized spacial score (nSPS) is 12.9. The number of carbonyl (C=O) groups is 2. The van der Waals surface area contributed by atoms with E-state index in [0.29, 0.717) is 17.0 Å². The second-order valence-electron chi connectivity index (χ2n) is 6.93. The molecular formula is C21H23NO6S. The molecule has 0 radical (unpaired) electrons. The van der Waals surface area contributed by atoms with Crippen LogP contribution in [-0.2, 0) is 32.4 Å². The average molecular weight is 417 g/mol. The first-order chi connectivity index (χ1) is 13.7. The summed E-state index contributed by atoms with van der Waals surface area (Å²) in [6.07, 6.45) is 4.32. The van der Waals surface area contributed by atoms with Crippen LogP contribution in [0.25, 0.3) is 0 Å². The summed E-state index contributed by atoms with van der Waals surface area (Å²) < 4.78 is 34.6. The summed E-state index contributed by atoms with van der Waals surface area (Å²) in [6, 6.07) is 11.8. The zero-order valence-corrected chi connectivity index (χ0v) is 17.2. The van der Waals surface area contributed by atoms with Crippen LogP contribution in [0, 0.1) is 0 Å². The van der Waals surface area contributed by atoms with Gasteiger partial charge in [-0.1, -0.05) is 6.07 Å². The minimum absolute atomic E-state index is 0.274. The molecule has 0 aromatic heterocycles. The van der Waals surface area contributed by atoms with Crippen molar-refractivity contribution in [2.75, 3.05) is 30.8 Å². The van der Waals surface area contributed by atoms with Crippen molar-refractivity contribution in [2.24, 2.45) is 0 Å². The number of anilines is 1. The molecule has 8 heteroatoms. The first kappa shape index (κ1) is 20.9. The largest absolute Gasteiger partial charge is 0.482 e. The van der Waals surface area contributed by atoms with Crippen LogP contribution < -0.4 is 9.04 Å². The third kappa shape index (κ3) is 5.35. The summed E-state index contributed by atoms with van der Waals surface area (Å²) in [5.41, 5.74) is 3.32. The zero-order valence-electron chi connectivity index (χ0n) is 16.4. The lowest BCUT2D eigenvalue weighted by Gasteiger charge is -2.16. The van der Waals surface area contributed by atoms with E-state index >= 15 is 0 Å². The number of Topliss-reactive ketones (excluding diaryl/α,β-unsaturated/α-hetero) is 1. The molecule has 1 aliphatic carbocycles. The van der Waals surface area contributed by atoms with Gasteiger partial charge in [0, 0.05) is 12.6 Å². The molecule has 154 valence electrons. The molecule has 0 N–H and O–H groups in total. The van der Waals surface area contributed by atoms with Gasteiger partial charge in [-0.05, 0) is 66.8 Å². The smallest absolute Gasteiger partial charge is 0.344 e. The molecule has 0 saturated heterocycles. The number of esters is 1. The van der Waals surface area contributed by atoms with Gasteiger partial charge in [-0.2, -0.15) is 0 Å². The molecule has 2 aromatic rings. The minimum Gasteiger partial charge on any atom is -0.482 e. The summed E-state index contributed by atoms with van der Waals surface area (Å²) in [7, 11) is -1.95. The number of ether oxygens (including phenoxy) is 2. The molecular weight excluding hydrogens is 394 g/mol. The predicted octanol–water partition coefficient (Wildman–Crippen LogP) is 2.38. The van der Waals surface area contributed by atoms with Gasteiger partial charge in [0.05, 0.1) is 11.9 Å². The maximum absolute atomic E-state index is 12.2. The Morgan fingerprint density at radius 1 is 1.00 bits per heavy atom. The van der Waals surface area contributed by atoms with E-state index in [1.807, 2.05) is 18.2 Å². The number of sulfonamides is 1.